The molecule has 1 N–H and O–H groups in total. The molecule has 0 fully saturated rings. The van der Waals surface area contributed by atoms with Gasteiger partial charge >= 0.3 is 0 Å². The SMILES string of the molecule is CCCCCC[C@H](O)[C@H](C)C(=O)[CH][CH][CH][C@H](OC=O)c1ccccc1. The van der Waals surface area contributed by atoms with Gasteiger partial charge in [-0.2, -0.15) is 0 Å². The fraction of sp³-hybridized carbons (Fsp3) is 0.476. The summed E-state index contributed by atoms with van der Waals surface area (Å²) in [4.78, 5) is 22.8. The minimum Gasteiger partial charge on any atom is -0.459 e. The molecule has 0 aliphatic rings. The third-order valence-corrected chi connectivity index (χ3v) is 4.26. The summed E-state index contributed by atoms with van der Waals surface area (Å²) >= 11 is 0. The lowest BCUT2D eigenvalue weighted by Gasteiger charge is -2.18. The molecule has 0 saturated carbocycles. The Morgan fingerprint density at radius 2 is 1.92 bits per heavy atom. The predicted molar refractivity (Wildman–Crippen MR) is 98.2 cm³/mol. The second kappa shape index (κ2) is 12.6. The molecule has 1 rings (SSSR count). The van der Waals surface area contributed by atoms with E-state index in [1.54, 1.807) is 19.8 Å². The number of carbonyl (C=O) groups is 2. The van der Waals surface area contributed by atoms with Gasteiger partial charge in [0.25, 0.3) is 6.47 Å². The second-order valence-electron chi connectivity index (χ2n) is 6.22. The van der Waals surface area contributed by atoms with E-state index in [9.17, 15) is 14.7 Å². The van der Waals surface area contributed by atoms with Crippen LogP contribution in [0.15, 0.2) is 30.3 Å². The number of carbonyl (C=O) groups excluding carboxylic acids is 2. The lowest BCUT2D eigenvalue weighted by Crippen LogP contribution is -2.26. The first-order chi connectivity index (χ1) is 12.1. The largest absolute Gasteiger partial charge is 0.459 e. The average molecular weight is 345 g/mol. The van der Waals surface area contributed by atoms with Gasteiger partial charge < -0.3 is 9.84 Å². The van der Waals surface area contributed by atoms with Gasteiger partial charge in [-0.15, -0.1) is 0 Å². The van der Waals surface area contributed by atoms with E-state index in [1.165, 1.54) is 6.42 Å². The van der Waals surface area contributed by atoms with E-state index in [-0.39, 0.29) is 5.78 Å². The standard InChI is InChI=1S/C21H29O4/c1-3-4-5-9-13-19(23)17(2)20(24)14-10-15-21(25-16-22)18-11-7-6-8-12-18/h6-8,10-12,14-17,19,21,23H,3-5,9,13H2,1-2H3/t17-,19-,21-/m0/s1. The van der Waals surface area contributed by atoms with Crippen LogP contribution >= 0.6 is 0 Å². The van der Waals surface area contributed by atoms with Crippen LogP contribution in [-0.2, 0) is 14.3 Å². The van der Waals surface area contributed by atoms with E-state index in [0.29, 0.717) is 12.9 Å². The van der Waals surface area contributed by atoms with Crippen molar-refractivity contribution < 1.29 is 19.4 Å². The molecule has 3 atom stereocenters. The maximum Gasteiger partial charge on any atom is 0.293 e. The molecule has 1 aromatic rings. The molecule has 1 aromatic carbocycles. The first-order valence-electron chi connectivity index (χ1n) is 8.97. The summed E-state index contributed by atoms with van der Waals surface area (Å²) in [7, 11) is 0. The Hall–Kier alpha value is -1.68. The van der Waals surface area contributed by atoms with Gasteiger partial charge in [0, 0.05) is 18.8 Å². The van der Waals surface area contributed by atoms with Crippen molar-refractivity contribution in [1.82, 2.24) is 0 Å². The van der Waals surface area contributed by atoms with Gasteiger partial charge in [0.2, 0.25) is 0 Å². The van der Waals surface area contributed by atoms with Crippen LogP contribution in [0.25, 0.3) is 0 Å². The fourth-order valence-electron chi connectivity index (χ4n) is 2.56. The number of ketones is 1. The van der Waals surface area contributed by atoms with E-state index in [1.807, 2.05) is 30.3 Å². The summed E-state index contributed by atoms with van der Waals surface area (Å²) in [5.41, 5.74) is 0.829. The summed E-state index contributed by atoms with van der Waals surface area (Å²) < 4.78 is 5.05. The number of hydrogen-bond donors (Lipinski definition) is 1. The van der Waals surface area contributed by atoms with Crippen LogP contribution in [0.2, 0.25) is 0 Å². The highest BCUT2D eigenvalue weighted by molar-refractivity contribution is 5.90. The minimum absolute atomic E-state index is 0.128. The van der Waals surface area contributed by atoms with Gasteiger partial charge in [0.05, 0.1) is 6.10 Å². The van der Waals surface area contributed by atoms with Crippen molar-refractivity contribution >= 4 is 12.3 Å². The summed E-state index contributed by atoms with van der Waals surface area (Å²) in [6, 6.07) is 9.29. The monoisotopic (exact) mass is 345 g/mol. The molecule has 0 unspecified atom stereocenters. The Balaban J connectivity index is 2.37. The van der Waals surface area contributed by atoms with Crippen molar-refractivity contribution in [2.45, 2.75) is 58.2 Å². The zero-order valence-corrected chi connectivity index (χ0v) is 15.1. The topological polar surface area (TPSA) is 63.6 Å². The molecule has 4 nitrogen and oxygen atoms in total. The van der Waals surface area contributed by atoms with E-state index >= 15 is 0 Å². The van der Waals surface area contributed by atoms with E-state index in [2.05, 4.69) is 6.92 Å². The first kappa shape index (κ1) is 21.4. The highest BCUT2D eigenvalue weighted by Crippen LogP contribution is 2.22. The maximum absolute atomic E-state index is 12.2. The zero-order valence-electron chi connectivity index (χ0n) is 15.1. The summed E-state index contributed by atoms with van der Waals surface area (Å²) in [6.45, 7) is 4.28. The highest BCUT2D eigenvalue weighted by Gasteiger charge is 2.22. The molecule has 0 bridgehead atoms. The van der Waals surface area contributed by atoms with Crippen LogP contribution in [0.4, 0.5) is 0 Å². The van der Waals surface area contributed by atoms with E-state index in [4.69, 9.17) is 4.74 Å². The number of unbranched alkanes of at least 4 members (excludes halogenated alkanes) is 3. The van der Waals surface area contributed by atoms with E-state index in [0.717, 1.165) is 31.2 Å². The highest BCUT2D eigenvalue weighted by atomic mass is 16.5. The fourth-order valence-corrected chi connectivity index (χ4v) is 2.56. The Bertz CT molecular complexity index is 486. The lowest BCUT2D eigenvalue weighted by molar-refractivity contribution is -0.132. The van der Waals surface area contributed by atoms with Crippen molar-refractivity contribution in [3.63, 3.8) is 0 Å². The third kappa shape index (κ3) is 8.30. The predicted octanol–water partition coefficient (Wildman–Crippen LogP) is 4.05. The normalized spacial score (nSPS) is 14.5. The van der Waals surface area contributed by atoms with Crippen LogP contribution in [0.1, 0.15) is 57.6 Å². The number of hydrogen-bond acceptors (Lipinski definition) is 4. The van der Waals surface area contributed by atoms with Crippen molar-refractivity contribution in [1.29, 1.82) is 0 Å². The summed E-state index contributed by atoms with van der Waals surface area (Å²) in [5, 5.41) is 10.1. The van der Waals surface area contributed by atoms with Crippen LogP contribution in [0, 0.1) is 25.2 Å². The van der Waals surface area contributed by atoms with Crippen molar-refractivity contribution in [2.75, 3.05) is 0 Å². The van der Waals surface area contributed by atoms with Crippen LogP contribution in [0.5, 0.6) is 0 Å². The molecule has 0 aliphatic carbocycles. The number of rotatable bonds is 14. The molecule has 0 aliphatic heterocycles. The smallest absolute Gasteiger partial charge is 0.293 e. The molecular formula is C21H29O4. The molecule has 137 valence electrons. The molecule has 4 heteroatoms. The Morgan fingerprint density at radius 3 is 2.56 bits per heavy atom. The van der Waals surface area contributed by atoms with Crippen LogP contribution in [0.3, 0.4) is 0 Å². The van der Waals surface area contributed by atoms with Crippen molar-refractivity contribution in [2.24, 2.45) is 5.92 Å². The Morgan fingerprint density at radius 1 is 1.20 bits per heavy atom. The number of aliphatic hydroxyl groups excluding tert-OH is 1. The maximum atomic E-state index is 12.2. The third-order valence-electron chi connectivity index (χ3n) is 4.26. The van der Waals surface area contributed by atoms with Crippen molar-refractivity contribution in [3.8, 4) is 0 Å². The summed E-state index contributed by atoms with van der Waals surface area (Å²) in [5.74, 6) is -0.564. The molecule has 3 radical (unpaired) electrons. The number of aliphatic hydroxyl groups is 1. The quantitative estimate of drug-likeness (QED) is 0.408. The molecular weight excluding hydrogens is 316 g/mol. The number of Topliss-reactive ketones (excluding diaryl/α,β-unsaturated/α-hetero) is 1. The Labute approximate surface area is 151 Å². The van der Waals surface area contributed by atoms with Gasteiger partial charge in [-0.25, -0.2) is 0 Å². The van der Waals surface area contributed by atoms with E-state index < -0.39 is 18.1 Å². The van der Waals surface area contributed by atoms with Gasteiger partial charge in [0.1, 0.15) is 11.9 Å². The molecule has 0 amide bonds. The second-order valence-corrected chi connectivity index (χ2v) is 6.22. The number of benzene rings is 1. The van der Waals surface area contributed by atoms with Gasteiger partial charge in [-0.05, 0) is 18.4 Å². The first-order valence-corrected chi connectivity index (χ1v) is 8.97. The Kier molecular flexibility index (Phi) is 10.8. The van der Waals surface area contributed by atoms with Crippen LogP contribution in [-0.4, -0.2) is 23.5 Å². The molecule has 0 saturated heterocycles. The molecule has 0 aromatic heterocycles. The zero-order chi connectivity index (χ0) is 18.5. The molecule has 0 spiro atoms. The molecule has 0 heterocycles. The number of ether oxygens (including phenoxy) is 1. The van der Waals surface area contributed by atoms with Crippen molar-refractivity contribution in [3.05, 3.63) is 55.2 Å². The van der Waals surface area contributed by atoms with Crippen LogP contribution < -0.4 is 0 Å². The molecule has 25 heavy (non-hydrogen) atoms. The summed E-state index contributed by atoms with van der Waals surface area (Å²) in [6.07, 6.45) is 8.49. The van der Waals surface area contributed by atoms with Gasteiger partial charge in [0.15, 0.2) is 0 Å². The minimum atomic E-state index is -0.620. The van der Waals surface area contributed by atoms with Gasteiger partial charge in [-0.3, -0.25) is 9.59 Å². The average Bonchev–Trinajstić information content (AvgIpc) is 2.64. The lowest BCUT2D eigenvalue weighted by atomic mass is 9.91. The van der Waals surface area contributed by atoms with Gasteiger partial charge in [-0.1, -0.05) is 69.9 Å².